The number of likely N-dealkylation sites (tertiary alicyclic amines) is 1. The van der Waals surface area contributed by atoms with Crippen LogP contribution in [0.15, 0.2) is 24.3 Å². The Morgan fingerprint density at radius 1 is 1.40 bits per heavy atom. The van der Waals surface area contributed by atoms with E-state index in [1.165, 1.54) is 4.90 Å². The molecule has 0 radical (unpaired) electrons. The first-order valence-corrected chi connectivity index (χ1v) is 8.00. The van der Waals surface area contributed by atoms with Gasteiger partial charge in [-0.1, -0.05) is 0 Å². The topological polar surface area (TPSA) is 129 Å². The summed E-state index contributed by atoms with van der Waals surface area (Å²) in [6.07, 6.45) is -1.11. The average molecular weight is 348 g/mol. The third kappa shape index (κ3) is 3.82. The lowest BCUT2D eigenvalue weighted by Gasteiger charge is -2.24. The maximum absolute atomic E-state index is 12.1. The van der Waals surface area contributed by atoms with Crippen molar-refractivity contribution >= 4 is 23.8 Å². The molecule has 3 rings (SSSR count). The number of rotatable bonds is 5. The first-order chi connectivity index (χ1) is 11.9. The highest BCUT2D eigenvalue weighted by atomic mass is 16.7. The van der Waals surface area contributed by atoms with Crippen molar-refractivity contribution in [3.05, 3.63) is 29.8 Å². The van der Waals surface area contributed by atoms with Gasteiger partial charge in [-0.2, -0.15) is 0 Å². The van der Waals surface area contributed by atoms with E-state index in [9.17, 15) is 9.59 Å². The number of hydrogen-bond acceptors (Lipinski definition) is 6. The molecular weight excluding hydrogens is 328 g/mol. The fourth-order valence-electron chi connectivity index (χ4n) is 3.16. The van der Waals surface area contributed by atoms with Crippen LogP contribution in [0.4, 0.5) is 15.3 Å². The average Bonchev–Trinajstić information content (AvgIpc) is 3.14. The number of nitrogens with one attached hydrogen (secondary N) is 1. The zero-order valence-electron chi connectivity index (χ0n) is 13.6. The Morgan fingerprint density at radius 2 is 2.12 bits per heavy atom. The van der Waals surface area contributed by atoms with Crippen LogP contribution in [0.2, 0.25) is 0 Å². The minimum atomic E-state index is -1.30. The van der Waals surface area contributed by atoms with E-state index in [2.05, 4.69) is 0 Å². The monoisotopic (exact) mass is 348 g/mol. The predicted octanol–water partition coefficient (Wildman–Crippen LogP) is 1.41. The molecule has 1 amide bonds. The standard InChI is InChI=1S/C16H20N4O5/c17-14(18)10-3-5-11(6-4-10)20-9-12(24-15(20)21)8-19-7-1-2-13(19)25-16(22)23/h3-6,12-13H,1-2,7-9H2,(H3,17,18)(H,22,23). The Morgan fingerprint density at radius 3 is 2.76 bits per heavy atom. The number of cyclic esters (lactones) is 1. The molecule has 2 unspecified atom stereocenters. The fraction of sp³-hybridized carbons (Fsp3) is 0.438. The number of ether oxygens (including phenoxy) is 2. The lowest BCUT2D eigenvalue weighted by atomic mass is 10.2. The lowest BCUT2D eigenvalue weighted by Crippen LogP contribution is -2.40. The number of carbonyl (C=O) groups excluding carboxylic acids is 1. The Balaban J connectivity index is 1.62. The van der Waals surface area contributed by atoms with Crippen LogP contribution in [0.1, 0.15) is 18.4 Å². The van der Waals surface area contributed by atoms with Gasteiger partial charge in [-0.3, -0.25) is 15.2 Å². The van der Waals surface area contributed by atoms with Crippen molar-refractivity contribution < 1.29 is 24.2 Å². The summed E-state index contributed by atoms with van der Waals surface area (Å²) in [6.45, 7) is 1.50. The molecule has 2 aliphatic heterocycles. The Kier molecular flexibility index (Phi) is 4.75. The summed E-state index contributed by atoms with van der Waals surface area (Å²) in [5.41, 5.74) is 6.67. The van der Waals surface area contributed by atoms with Gasteiger partial charge in [0.05, 0.1) is 6.54 Å². The van der Waals surface area contributed by atoms with Crippen LogP contribution in [-0.2, 0) is 9.47 Å². The largest absolute Gasteiger partial charge is 0.507 e. The number of benzene rings is 1. The van der Waals surface area contributed by atoms with Gasteiger partial charge in [0.25, 0.3) is 0 Å². The highest BCUT2D eigenvalue weighted by molar-refractivity contribution is 5.96. The second-order valence-electron chi connectivity index (χ2n) is 6.05. The number of nitrogen functional groups attached to an aromatic ring is 1. The minimum absolute atomic E-state index is 0.0352. The summed E-state index contributed by atoms with van der Waals surface area (Å²) in [7, 11) is 0. The third-order valence-corrected chi connectivity index (χ3v) is 4.34. The van der Waals surface area contributed by atoms with E-state index >= 15 is 0 Å². The molecule has 9 nitrogen and oxygen atoms in total. The lowest BCUT2D eigenvalue weighted by molar-refractivity contribution is -0.0260. The Bertz CT molecular complexity index is 678. The molecule has 1 aromatic carbocycles. The summed E-state index contributed by atoms with van der Waals surface area (Å²) < 4.78 is 10.3. The van der Waals surface area contributed by atoms with Gasteiger partial charge in [0, 0.05) is 24.3 Å². The number of hydrogen-bond donors (Lipinski definition) is 3. The zero-order chi connectivity index (χ0) is 18.0. The molecule has 0 aromatic heterocycles. The minimum Gasteiger partial charge on any atom is -0.450 e. The van der Waals surface area contributed by atoms with Gasteiger partial charge in [-0.15, -0.1) is 0 Å². The molecule has 9 heteroatoms. The molecule has 4 N–H and O–H groups in total. The number of nitrogens with two attached hydrogens (primary N) is 1. The van der Waals surface area contributed by atoms with Crippen LogP contribution >= 0.6 is 0 Å². The normalized spacial score (nSPS) is 23.5. The quantitative estimate of drug-likeness (QED) is 0.417. The van der Waals surface area contributed by atoms with Gasteiger partial charge in [0.2, 0.25) is 0 Å². The highest BCUT2D eigenvalue weighted by Gasteiger charge is 2.37. The maximum atomic E-state index is 12.1. The summed E-state index contributed by atoms with van der Waals surface area (Å²) in [5, 5.41) is 16.2. The first kappa shape index (κ1) is 17.0. The number of carboxylic acid groups (broad SMARTS) is 1. The fourth-order valence-corrected chi connectivity index (χ4v) is 3.16. The number of amides is 1. The van der Waals surface area contributed by atoms with E-state index in [1.807, 2.05) is 4.90 Å². The summed E-state index contributed by atoms with van der Waals surface area (Å²) in [4.78, 5) is 26.3. The van der Waals surface area contributed by atoms with Crippen LogP contribution < -0.4 is 10.6 Å². The van der Waals surface area contributed by atoms with E-state index in [0.717, 1.165) is 6.42 Å². The predicted molar refractivity (Wildman–Crippen MR) is 88.8 cm³/mol. The summed E-state index contributed by atoms with van der Waals surface area (Å²) in [5.74, 6) is -0.0352. The van der Waals surface area contributed by atoms with Gasteiger partial charge in [0.15, 0.2) is 6.23 Å². The molecule has 2 saturated heterocycles. The highest BCUT2D eigenvalue weighted by Crippen LogP contribution is 2.25. The van der Waals surface area contributed by atoms with Crippen molar-refractivity contribution in [2.45, 2.75) is 25.2 Å². The van der Waals surface area contributed by atoms with Crippen LogP contribution in [0.3, 0.4) is 0 Å². The molecule has 0 bridgehead atoms. The molecule has 2 fully saturated rings. The van der Waals surface area contributed by atoms with Crippen molar-refractivity contribution in [2.24, 2.45) is 5.73 Å². The smallest absolute Gasteiger partial charge is 0.450 e. The number of anilines is 1. The molecule has 0 aliphatic carbocycles. The second-order valence-corrected chi connectivity index (χ2v) is 6.05. The van der Waals surface area contributed by atoms with Crippen LogP contribution in [0.25, 0.3) is 0 Å². The molecule has 134 valence electrons. The number of nitrogens with zero attached hydrogens (tertiary/aromatic N) is 2. The number of carbonyl (C=O) groups is 2. The SMILES string of the molecule is N=C(N)c1ccc(N2CC(CN3CCCC3OC(=O)O)OC2=O)cc1. The first-order valence-electron chi connectivity index (χ1n) is 8.00. The van der Waals surface area contributed by atoms with Crippen molar-refractivity contribution in [2.75, 3.05) is 24.5 Å². The summed E-state index contributed by atoms with van der Waals surface area (Å²) in [6, 6.07) is 6.78. The van der Waals surface area contributed by atoms with Crippen LogP contribution in [-0.4, -0.2) is 60.1 Å². The zero-order valence-corrected chi connectivity index (χ0v) is 13.6. The van der Waals surface area contributed by atoms with E-state index < -0.39 is 18.5 Å². The van der Waals surface area contributed by atoms with E-state index in [1.54, 1.807) is 24.3 Å². The molecule has 2 aliphatic rings. The van der Waals surface area contributed by atoms with Gasteiger partial charge in [-0.25, -0.2) is 9.59 Å². The third-order valence-electron chi connectivity index (χ3n) is 4.34. The Labute approximate surface area is 144 Å². The van der Waals surface area contributed by atoms with Gasteiger partial charge in [0.1, 0.15) is 11.9 Å². The molecule has 2 atom stereocenters. The van der Waals surface area contributed by atoms with E-state index in [-0.39, 0.29) is 11.9 Å². The van der Waals surface area contributed by atoms with Crippen molar-refractivity contribution in [1.82, 2.24) is 4.90 Å². The second kappa shape index (κ2) is 6.98. The molecule has 0 spiro atoms. The number of amidine groups is 1. The molecule has 25 heavy (non-hydrogen) atoms. The van der Waals surface area contributed by atoms with Crippen LogP contribution in [0, 0.1) is 5.41 Å². The molecular formula is C16H20N4O5. The van der Waals surface area contributed by atoms with Gasteiger partial charge < -0.3 is 20.3 Å². The van der Waals surface area contributed by atoms with Gasteiger partial charge >= 0.3 is 12.2 Å². The maximum Gasteiger partial charge on any atom is 0.507 e. The van der Waals surface area contributed by atoms with Gasteiger partial charge in [-0.05, 0) is 37.1 Å². The summed E-state index contributed by atoms with van der Waals surface area (Å²) >= 11 is 0. The molecule has 2 heterocycles. The molecule has 1 aromatic rings. The van der Waals surface area contributed by atoms with Crippen LogP contribution in [0.5, 0.6) is 0 Å². The Hall–Kier alpha value is -2.81. The van der Waals surface area contributed by atoms with E-state index in [0.29, 0.717) is 37.3 Å². The van der Waals surface area contributed by atoms with E-state index in [4.69, 9.17) is 25.7 Å². The van der Waals surface area contributed by atoms with Crippen molar-refractivity contribution in [3.8, 4) is 0 Å². The van der Waals surface area contributed by atoms with Crippen molar-refractivity contribution in [3.63, 3.8) is 0 Å². The van der Waals surface area contributed by atoms with Crippen molar-refractivity contribution in [1.29, 1.82) is 5.41 Å². The molecule has 0 saturated carbocycles.